The van der Waals surface area contributed by atoms with Gasteiger partial charge in [0.2, 0.25) is 0 Å². The molecule has 0 aliphatic rings. The number of anilines is 3. The summed E-state index contributed by atoms with van der Waals surface area (Å²) >= 11 is 3.68. The molecular weight excluding hydrogens is 577 g/mol. The van der Waals surface area contributed by atoms with Gasteiger partial charge in [-0.15, -0.1) is 22.7 Å². The van der Waals surface area contributed by atoms with Gasteiger partial charge >= 0.3 is 0 Å². The highest BCUT2D eigenvalue weighted by molar-refractivity contribution is 7.26. The summed E-state index contributed by atoms with van der Waals surface area (Å²) in [4.78, 5) is 7.42. The Kier molecular flexibility index (Phi) is 5.03. The van der Waals surface area contributed by atoms with Gasteiger partial charge in [-0.05, 0) is 65.4 Å². The minimum absolute atomic E-state index is 0.883. The van der Waals surface area contributed by atoms with E-state index < -0.39 is 0 Å². The fraction of sp³-hybridized carbons (Fsp3) is 0. The Bertz CT molecular complexity index is 2640. The van der Waals surface area contributed by atoms with E-state index in [0.29, 0.717) is 0 Å². The van der Waals surface area contributed by atoms with Crippen LogP contribution in [0.4, 0.5) is 17.2 Å². The van der Waals surface area contributed by atoms with Crippen LogP contribution < -0.4 is 4.90 Å². The maximum Gasteiger partial charge on any atom is 0.138 e. The molecule has 10 rings (SSSR count). The van der Waals surface area contributed by atoms with Crippen LogP contribution in [0, 0.1) is 0 Å². The quantitative estimate of drug-likeness (QED) is 0.203. The number of hydrogen-bond donors (Lipinski definition) is 0. The number of hydrogen-bond acceptors (Lipinski definition) is 5. The number of para-hydroxylation sites is 1. The average molecular weight is 599 g/mol. The lowest BCUT2D eigenvalue weighted by Crippen LogP contribution is -2.11. The minimum Gasteiger partial charge on any atom is -0.456 e. The van der Waals surface area contributed by atoms with E-state index in [1.54, 1.807) is 0 Å². The van der Waals surface area contributed by atoms with Crippen molar-refractivity contribution < 1.29 is 4.42 Å². The molecule has 4 aromatic heterocycles. The van der Waals surface area contributed by atoms with Crippen molar-refractivity contribution in [3.8, 4) is 0 Å². The zero-order chi connectivity index (χ0) is 28.8. The van der Waals surface area contributed by atoms with Gasteiger partial charge < -0.3 is 4.42 Å². The summed E-state index contributed by atoms with van der Waals surface area (Å²) in [7, 11) is 0. The predicted octanol–water partition coefficient (Wildman–Crippen LogP) is 12.3. The highest BCUT2D eigenvalue weighted by Gasteiger charge is 2.19. The van der Waals surface area contributed by atoms with E-state index in [1.807, 2.05) is 34.8 Å². The van der Waals surface area contributed by atoms with E-state index in [1.165, 1.54) is 51.1 Å². The Labute approximate surface area is 259 Å². The predicted molar refractivity (Wildman–Crippen MR) is 189 cm³/mol. The first-order chi connectivity index (χ1) is 21.8. The molecule has 206 valence electrons. The third-order valence-electron chi connectivity index (χ3n) is 8.70. The molecule has 4 heterocycles. The molecule has 44 heavy (non-hydrogen) atoms. The number of nitrogens with zero attached hydrogens (tertiary/aromatic N) is 2. The van der Waals surface area contributed by atoms with Gasteiger partial charge in [-0.25, -0.2) is 4.98 Å². The van der Waals surface area contributed by atoms with Crippen molar-refractivity contribution in [2.45, 2.75) is 0 Å². The van der Waals surface area contributed by atoms with Crippen LogP contribution >= 0.6 is 22.7 Å². The Morgan fingerprint density at radius 2 is 1.20 bits per heavy atom. The van der Waals surface area contributed by atoms with Crippen LogP contribution in [0.25, 0.3) is 73.1 Å². The normalized spacial score (nSPS) is 12.1. The van der Waals surface area contributed by atoms with E-state index in [2.05, 4.69) is 126 Å². The highest BCUT2D eigenvalue weighted by Crippen LogP contribution is 2.44. The summed E-state index contributed by atoms with van der Waals surface area (Å²) in [6.07, 6.45) is 2.05. The zero-order valence-electron chi connectivity index (χ0n) is 23.3. The molecule has 6 aromatic carbocycles. The topological polar surface area (TPSA) is 29.3 Å². The largest absolute Gasteiger partial charge is 0.456 e. The summed E-state index contributed by atoms with van der Waals surface area (Å²) in [5.74, 6) is 0.888. The molecule has 3 nitrogen and oxygen atoms in total. The number of fused-ring (bicyclic) bond motifs is 11. The first-order valence-corrected chi connectivity index (χ1v) is 16.2. The summed E-state index contributed by atoms with van der Waals surface area (Å²) in [6.45, 7) is 0. The molecule has 0 unspecified atom stereocenters. The monoisotopic (exact) mass is 598 g/mol. The van der Waals surface area contributed by atoms with Gasteiger partial charge in [0.15, 0.2) is 0 Å². The van der Waals surface area contributed by atoms with Crippen molar-refractivity contribution in [1.29, 1.82) is 0 Å². The smallest absolute Gasteiger partial charge is 0.138 e. The number of pyridine rings is 1. The number of thiophene rings is 2. The van der Waals surface area contributed by atoms with Gasteiger partial charge in [-0.2, -0.15) is 0 Å². The van der Waals surface area contributed by atoms with E-state index in [-0.39, 0.29) is 0 Å². The minimum atomic E-state index is 0.883. The average Bonchev–Trinajstić information content (AvgIpc) is 3.75. The maximum atomic E-state index is 6.19. The SMILES string of the molecule is c1ccc2c(c1)ccc1c3cnc(N(c4ccc5oc6ccccc6c5c4)c4ccc5sc6ccccc6c5c4)cc3sc21. The fourth-order valence-corrected chi connectivity index (χ4v) is 8.96. The van der Waals surface area contributed by atoms with Crippen molar-refractivity contribution in [2.24, 2.45) is 0 Å². The molecular formula is C39H22N2OS2. The van der Waals surface area contributed by atoms with E-state index >= 15 is 0 Å². The van der Waals surface area contributed by atoms with E-state index in [4.69, 9.17) is 9.40 Å². The summed E-state index contributed by atoms with van der Waals surface area (Å²) < 4.78 is 11.3. The molecule has 0 spiro atoms. The van der Waals surface area contributed by atoms with E-state index in [9.17, 15) is 0 Å². The Balaban J connectivity index is 1.23. The second kappa shape index (κ2) is 9.13. The first kappa shape index (κ1) is 24.2. The molecule has 0 fully saturated rings. The van der Waals surface area contributed by atoms with Gasteiger partial charge in [0.25, 0.3) is 0 Å². The number of aromatic nitrogens is 1. The number of rotatable bonds is 3. The van der Waals surface area contributed by atoms with Crippen molar-refractivity contribution in [2.75, 3.05) is 4.90 Å². The van der Waals surface area contributed by atoms with Crippen molar-refractivity contribution >= 4 is 113 Å². The van der Waals surface area contributed by atoms with Gasteiger partial charge in [-0.1, -0.05) is 72.8 Å². The van der Waals surface area contributed by atoms with Gasteiger partial charge in [0.1, 0.15) is 17.0 Å². The standard InChI is InChI=1S/C39H22N2OS2/c1-2-8-26-23(7-1)13-16-29-32-22-40-38(21-37(32)44-39(26)29)41(24-14-17-34-30(19-24)27-9-3-5-11-33(27)42-34)25-15-18-36-31(20-25)28-10-4-6-12-35(28)43-36/h1-22H. The molecule has 0 amide bonds. The molecule has 5 heteroatoms. The van der Waals surface area contributed by atoms with Crippen molar-refractivity contribution in [3.05, 3.63) is 134 Å². The summed E-state index contributed by atoms with van der Waals surface area (Å²) in [5.41, 5.74) is 3.90. The summed E-state index contributed by atoms with van der Waals surface area (Å²) in [5, 5.41) is 9.75. The lowest BCUT2D eigenvalue weighted by Gasteiger charge is -2.24. The van der Waals surface area contributed by atoms with Crippen LogP contribution in [-0.2, 0) is 0 Å². The van der Waals surface area contributed by atoms with Crippen LogP contribution in [0.3, 0.4) is 0 Å². The molecule has 0 aliphatic heterocycles. The third-order valence-corrected chi connectivity index (χ3v) is 11.1. The van der Waals surface area contributed by atoms with Crippen LogP contribution in [0.1, 0.15) is 0 Å². The lowest BCUT2D eigenvalue weighted by atomic mass is 10.1. The maximum absolute atomic E-state index is 6.19. The van der Waals surface area contributed by atoms with Crippen molar-refractivity contribution in [3.63, 3.8) is 0 Å². The second-order valence-corrected chi connectivity index (χ2v) is 13.3. The second-order valence-electron chi connectivity index (χ2n) is 11.2. The molecule has 10 aromatic rings. The summed E-state index contributed by atoms with van der Waals surface area (Å²) in [6, 6.07) is 45.5. The molecule has 0 N–H and O–H groups in total. The molecule has 0 saturated carbocycles. The number of benzene rings is 6. The number of furan rings is 1. The highest BCUT2D eigenvalue weighted by atomic mass is 32.1. The Morgan fingerprint density at radius 3 is 2.14 bits per heavy atom. The van der Waals surface area contributed by atoms with Crippen LogP contribution in [-0.4, -0.2) is 4.98 Å². The molecule has 0 bridgehead atoms. The third kappa shape index (κ3) is 3.51. The van der Waals surface area contributed by atoms with Crippen LogP contribution in [0.5, 0.6) is 0 Å². The lowest BCUT2D eigenvalue weighted by molar-refractivity contribution is 0.669. The fourth-order valence-electron chi connectivity index (χ4n) is 6.63. The van der Waals surface area contributed by atoms with Crippen molar-refractivity contribution in [1.82, 2.24) is 4.98 Å². The zero-order valence-corrected chi connectivity index (χ0v) is 25.0. The Hall–Kier alpha value is -5.23. The van der Waals surface area contributed by atoms with Gasteiger partial charge in [0.05, 0.1) is 0 Å². The molecule has 0 radical (unpaired) electrons. The van der Waals surface area contributed by atoms with Gasteiger partial charge in [0, 0.05) is 68.7 Å². The van der Waals surface area contributed by atoms with Crippen LogP contribution in [0.2, 0.25) is 0 Å². The molecule has 0 atom stereocenters. The first-order valence-electron chi connectivity index (χ1n) is 14.6. The van der Waals surface area contributed by atoms with E-state index in [0.717, 1.165) is 39.1 Å². The van der Waals surface area contributed by atoms with Crippen LogP contribution in [0.15, 0.2) is 138 Å². The molecule has 0 saturated heterocycles. The van der Waals surface area contributed by atoms with Gasteiger partial charge in [-0.3, -0.25) is 4.90 Å². The molecule has 0 aliphatic carbocycles. The Morgan fingerprint density at radius 1 is 0.477 bits per heavy atom.